The molecule has 0 saturated carbocycles. The first-order valence-electron chi connectivity index (χ1n) is 7.21. The van der Waals surface area contributed by atoms with Gasteiger partial charge in [-0.15, -0.1) is 0 Å². The summed E-state index contributed by atoms with van der Waals surface area (Å²) in [5.74, 6) is 0.674. The third kappa shape index (κ3) is 3.68. The first kappa shape index (κ1) is 14.7. The number of aryl methyl sites for hydroxylation is 3. The number of nitrogens with zero attached hydrogens (tertiary/aromatic N) is 3. The van der Waals surface area contributed by atoms with Crippen molar-refractivity contribution in [2.24, 2.45) is 0 Å². The molecular formula is C18H16ClN3. The molecule has 0 atom stereocenters. The summed E-state index contributed by atoms with van der Waals surface area (Å²) in [7, 11) is 0. The largest absolute Gasteiger partial charge is 0.249 e. The fraction of sp³-hybridized carbons (Fsp3) is 0.167. The van der Waals surface area contributed by atoms with Crippen LogP contribution in [0.2, 0.25) is 5.02 Å². The van der Waals surface area contributed by atoms with Gasteiger partial charge in [-0.25, -0.2) is 15.0 Å². The Labute approximate surface area is 135 Å². The summed E-state index contributed by atoms with van der Waals surface area (Å²) in [6.07, 6.45) is 3.57. The minimum absolute atomic E-state index is 0.674. The van der Waals surface area contributed by atoms with Crippen LogP contribution < -0.4 is 0 Å². The molecule has 3 rings (SSSR count). The van der Waals surface area contributed by atoms with Crippen molar-refractivity contribution in [2.75, 3.05) is 0 Å². The van der Waals surface area contributed by atoms with Gasteiger partial charge < -0.3 is 0 Å². The topological polar surface area (TPSA) is 38.7 Å². The Hall–Kier alpha value is -2.26. The SMILES string of the molecule is Cc1ccnc(-c2cccc(CCc3ccc(Cl)cc3)n2)n1. The van der Waals surface area contributed by atoms with Crippen molar-refractivity contribution in [3.8, 4) is 11.5 Å². The molecule has 1 aromatic carbocycles. The highest BCUT2D eigenvalue weighted by Crippen LogP contribution is 2.15. The maximum Gasteiger partial charge on any atom is 0.178 e. The number of hydrogen-bond acceptors (Lipinski definition) is 3. The molecule has 0 fully saturated rings. The van der Waals surface area contributed by atoms with Gasteiger partial charge in [-0.1, -0.05) is 29.8 Å². The lowest BCUT2D eigenvalue weighted by molar-refractivity contribution is 0.912. The van der Waals surface area contributed by atoms with Crippen LogP contribution in [0.5, 0.6) is 0 Å². The standard InChI is InChI=1S/C18H16ClN3/c1-13-11-12-20-18(21-13)17-4-2-3-16(22-17)10-7-14-5-8-15(19)9-6-14/h2-6,8-9,11-12H,7,10H2,1H3. The molecule has 2 heterocycles. The van der Waals surface area contributed by atoms with Crippen molar-refractivity contribution in [1.29, 1.82) is 0 Å². The number of halogens is 1. The number of hydrogen-bond donors (Lipinski definition) is 0. The number of aromatic nitrogens is 3. The zero-order valence-corrected chi connectivity index (χ0v) is 13.1. The van der Waals surface area contributed by atoms with E-state index >= 15 is 0 Å². The van der Waals surface area contributed by atoms with Crippen LogP contribution in [0.1, 0.15) is 17.0 Å². The van der Waals surface area contributed by atoms with E-state index in [-0.39, 0.29) is 0 Å². The molecule has 3 aromatic rings. The van der Waals surface area contributed by atoms with Gasteiger partial charge >= 0.3 is 0 Å². The van der Waals surface area contributed by atoms with Gasteiger partial charge in [-0.05, 0) is 55.7 Å². The summed E-state index contributed by atoms with van der Waals surface area (Å²) in [5, 5.41) is 0.764. The number of benzene rings is 1. The molecule has 0 aliphatic carbocycles. The predicted octanol–water partition coefficient (Wildman–Crippen LogP) is 4.29. The highest BCUT2D eigenvalue weighted by atomic mass is 35.5. The summed E-state index contributed by atoms with van der Waals surface area (Å²) >= 11 is 5.90. The molecule has 0 spiro atoms. The maximum absolute atomic E-state index is 5.90. The Morgan fingerprint density at radius 3 is 2.50 bits per heavy atom. The van der Waals surface area contributed by atoms with Gasteiger partial charge in [-0.3, -0.25) is 0 Å². The number of pyridine rings is 1. The van der Waals surface area contributed by atoms with Crippen LogP contribution in [0.3, 0.4) is 0 Å². The molecule has 0 unspecified atom stereocenters. The van der Waals surface area contributed by atoms with Gasteiger partial charge in [0.25, 0.3) is 0 Å². The quantitative estimate of drug-likeness (QED) is 0.722. The maximum atomic E-state index is 5.90. The van der Waals surface area contributed by atoms with Crippen molar-refractivity contribution in [2.45, 2.75) is 19.8 Å². The molecule has 110 valence electrons. The molecule has 0 aliphatic heterocycles. The molecule has 3 nitrogen and oxygen atoms in total. The lowest BCUT2D eigenvalue weighted by Gasteiger charge is -2.05. The molecule has 0 aliphatic rings. The van der Waals surface area contributed by atoms with Gasteiger partial charge in [0, 0.05) is 22.6 Å². The van der Waals surface area contributed by atoms with Gasteiger partial charge in [0.15, 0.2) is 5.82 Å². The minimum atomic E-state index is 0.674. The van der Waals surface area contributed by atoms with Crippen LogP contribution in [0.4, 0.5) is 0 Å². The van der Waals surface area contributed by atoms with Crippen molar-refractivity contribution < 1.29 is 0 Å². The van der Waals surface area contributed by atoms with Gasteiger partial charge in [0.05, 0.1) is 0 Å². The molecule has 2 aromatic heterocycles. The van der Waals surface area contributed by atoms with E-state index in [4.69, 9.17) is 11.6 Å². The smallest absolute Gasteiger partial charge is 0.178 e. The van der Waals surface area contributed by atoms with E-state index in [2.05, 4.69) is 27.1 Å². The van der Waals surface area contributed by atoms with Gasteiger partial charge in [-0.2, -0.15) is 0 Å². The molecular weight excluding hydrogens is 294 g/mol. The predicted molar refractivity (Wildman–Crippen MR) is 88.9 cm³/mol. The Balaban J connectivity index is 1.75. The fourth-order valence-electron chi connectivity index (χ4n) is 2.24. The van der Waals surface area contributed by atoms with Crippen LogP contribution in [-0.2, 0) is 12.8 Å². The van der Waals surface area contributed by atoms with E-state index in [0.717, 1.165) is 34.9 Å². The lowest BCUT2D eigenvalue weighted by Crippen LogP contribution is -1.98. The second-order valence-corrected chi connectivity index (χ2v) is 5.60. The van der Waals surface area contributed by atoms with Crippen LogP contribution in [0.25, 0.3) is 11.5 Å². The highest BCUT2D eigenvalue weighted by molar-refractivity contribution is 6.30. The molecule has 0 bridgehead atoms. The van der Waals surface area contributed by atoms with Crippen LogP contribution in [0.15, 0.2) is 54.7 Å². The van der Waals surface area contributed by atoms with Crippen molar-refractivity contribution in [3.63, 3.8) is 0 Å². The van der Waals surface area contributed by atoms with Crippen LogP contribution in [0, 0.1) is 6.92 Å². The first-order valence-corrected chi connectivity index (χ1v) is 7.59. The summed E-state index contributed by atoms with van der Waals surface area (Å²) in [4.78, 5) is 13.4. The van der Waals surface area contributed by atoms with E-state index in [1.165, 1.54) is 5.56 Å². The second-order valence-electron chi connectivity index (χ2n) is 5.16. The average Bonchev–Trinajstić information content (AvgIpc) is 2.55. The monoisotopic (exact) mass is 309 g/mol. The molecule has 4 heteroatoms. The molecule has 0 saturated heterocycles. The third-order valence-electron chi connectivity index (χ3n) is 3.41. The van der Waals surface area contributed by atoms with Crippen LogP contribution >= 0.6 is 11.6 Å². The van der Waals surface area contributed by atoms with Crippen LogP contribution in [-0.4, -0.2) is 15.0 Å². The summed E-state index contributed by atoms with van der Waals surface area (Å²) in [6.45, 7) is 1.95. The molecule has 0 radical (unpaired) electrons. The van der Waals surface area contributed by atoms with Crippen molar-refractivity contribution >= 4 is 11.6 Å². The van der Waals surface area contributed by atoms with Crippen molar-refractivity contribution in [1.82, 2.24) is 15.0 Å². The Morgan fingerprint density at radius 2 is 1.73 bits per heavy atom. The Morgan fingerprint density at radius 1 is 0.909 bits per heavy atom. The summed E-state index contributed by atoms with van der Waals surface area (Å²) in [5.41, 5.74) is 4.05. The first-order chi connectivity index (χ1) is 10.7. The van der Waals surface area contributed by atoms with Crippen molar-refractivity contribution in [3.05, 3.63) is 76.7 Å². The highest BCUT2D eigenvalue weighted by Gasteiger charge is 2.04. The zero-order valence-electron chi connectivity index (χ0n) is 12.3. The van der Waals surface area contributed by atoms with E-state index in [0.29, 0.717) is 5.82 Å². The normalized spacial score (nSPS) is 10.6. The van der Waals surface area contributed by atoms with E-state index < -0.39 is 0 Å². The Bertz CT molecular complexity index is 769. The van der Waals surface area contributed by atoms with E-state index in [9.17, 15) is 0 Å². The fourth-order valence-corrected chi connectivity index (χ4v) is 2.37. The second kappa shape index (κ2) is 6.67. The molecule has 0 N–H and O–H groups in total. The minimum Gasteiger partial charge on any atom is -0.249 e. The van der Waals surface area contributed by atoms with Gasteiger partial charge in [0.1, 0.15) is 5.69 Å². The van der Waals surface area contributed by atoms with Gasteiger partial charge in [0.2, 0.25) is 0 Å². The van der Waals surface area contributed by atoms with E-state index in [1.807, 2.05) is 43.3 Å². The summed E-state index contributed by atoms with van der Waals surface area (Å²) < 4.78 is 0. The zero-order chi connectivity index (χ0) is 15.4. The molecule has 0 amide bonds. The summed E-state index contributed by atoms with van der Waals surface area (Å²) in [6, 6.07) is 15.8. The Kier molecular flexibility index (Phi) is 4.45. The third-order valence-corrected chi connectivity index (χ3v) is 3.67. The van der Waals surface area contributed by atoms with E-state index in [1.54, 1.807) is 6.20 Å². The molecule has 22 heavy (non-hydrogen) atoms. The number of rotatable bonds is 4. The lowest BCUT2D eigenvalue weighted by atomic mass is 10.1. The average molecular weight is 310 g/mol.